The van der Waals surface area contributed by atoms with Gasteiger partial charge in [-0.15, -0.1) is 0 Å². The van der Waals surface area contributed by atoms with Crippen LogP contribution in [0.25, 0.3) is 0 Å². The number of aromatic nitrogens is 1. The molecule has 0 atom stereocenters. The number of anilines is 2. The van der Waals surface area contributed by atoms with E-state index in [1.807, 2.05) is 26.0 Å². The van der Waals surface area contributed by atoms with Crippen LogP contribution in [-0.4, -0.2) is 68.6 Å². The Labute approximate surface area is 191 Å². The lowest BCUT2D eigenvalue weighted by Gasteiger charge is -2.26. The van der Waals surface area contributed by atoms with Crippen molar-refractivity contribution < 1.29 is 13.9 Å². The van der Waals surface area contributed by atoms with Gasteiger partial charge >= 0.3 is 0 Å². The van der Waals surface area contributed by atoms with Crippen molar-refractivity contribution in [2.75, 3.05) is 62.9 Å². The smallest absolute Gasteiger partial charge is 0.215 e. The number of nitrogens with zero attached hydrogens (tertiary/aromatic N) is 4. The molecule has 1 aliphatic rings. The summed E-state index contributed by atoms with van der Waals surface area (Å²) in [6.07, 6.45) is 3.87. The molecule has 8 nitrogen and oxygen atoms in total. The summed E-state index contributed by atoms with van der Waals surface area (Å²) >= 11 is 0. The number of rotatable bonds is 12. The van der Waals surface area contributed by atoms with E-state index >= 15 is 0 Å². The Morgan fingerprint density at radius 3 is 2.56 bits per heavy atom. The normalized spacial score (nSPS) is 14.8. The summed E-state index contributed by atoms with van der Waals surface area (Å²) in [4.78, 5) is 9.39. The molecule has 1 fully saturated rings. The molecule has 0 bridgehead atoms. The van der Waals surface area contributed by atoms with Crippen molar-refractivity contribution in [2.45, 2.75) is 40.5 Å². The molecule has 0 aliphatic carbocycles. The maximum atomic E-state index is 6.06. The van der Waals surface area contributed by atoms with E-state index < -0.39 is 0 Å². The lowest BCUT2D eigenvalue weighted by Crippen LogP contribution is -2.38. The minimum absolute atomic E-state index is 0.595. The highest BCUT2D eigenvalue weighted by atomic mass is 16.5. The molecule has 1 aliphatic heterocycles. The van der Waals surface area contributed by atoms with E-state index in [1.54, 1.807) is 6.21 Å². The summed E-state index contributed by atoms with van der Waals surface area (Å²) in [7, 11) is 0. The second kappa shape index (κ2) is 12.5. The van der Waals surface area contributed by atoms with Crippen LogP contribution in [0.3, 0.4) is 0 Å². The van der Waals surface area contributed by atoms with Crippen LogP contribution in [0.5, 0.6) is 5.88 Å². The van der Waals surface area contributed by atoms with Crippen molar-refractivity contribution in [3.05, 3.63) is 35.2 Å². The molecule has 0 aromatic carbocycles. The summed E-state index contributed by atoms with van der Waals surface area (Å²) < 4.78 is 17.1. The largest absolute Gasteiger partial charge is 0.476 e. The van der Waals surface area contributed by atoms with Gasteiger partial charge in [0.1, 0.15) is 12.4 Å². The standard InChI is InChI=1S/C24H37N5O3/c1-5-7-29(8-6-2)22-16-21(18-25-27-24-15-19(3)20(4)32-24)26-23(17-22)31-14-11-28-9-12-30-13-10-28/h15-18,27H,5-14H2,1-4H3/b25-18+. The van der Waals surface area contributed by atoms with Crippen LogP contribution in [0.15, 0.2) is 27.7 Å². The summed E-state index contributed by atoms with van der Waals surface area (Å²) in [6.45, 7) is 15.3. The molecule has 0 unspecified atom stereocenters. The molecule has 3 rings (SSSR count). The summed E-state index contributed by atoms with van der Waals surface area (Å²) in [5, 5.41) is 4.33. The molecule has 1 N–H and O–H groups in total. The van der Waals surface area contributed by atoms with E-state index in [0.717, 1.165) is 81.5 Å². The van der Waals surface area contributed by atoms with Crippen LogP contribution >= 0.6 is 0 Å². The summed E-state index contributed by atoms with van der Waals surface area (Å²) in [5.41, 5.74) is 5.89. The monoisotopic (exact) mass is 443 g/mol. The quantitative estimate of drug-likeness (QED) is 0.391. The van der Waals surface area contributed by atoms with Crippen molar-refractivity contribution in [3.8, 4) is 5.88 Å². The van der Waals surface area contributed by atoms with Crippen LogP contribution < -0.4 is 15.1 Å². The molecule has 8 heteroatoms. The maximum absolute atomic E-state index is 6.06. The predicted molar refractivity (Wildman–Crippen MR) is 129 cm³/mol. The molecular formula is C24H37N5O3. The number of hydrogen-bond donors (Lipinski definition) is 1. The van der Waals surface area contributed by atoms with Gasteiger partial charge in [-0.25, -0.2) is 10.4 Å². The number of aryl methyl sites for hydroxylation is 2. The van der Waals surface area contributed by atoms with Crippen LogP contribution in [0.1, 0.15) is 43.7 Å². The molecule has 2 aromatic rings. The number of furan rings is 1. The van der Waals surface area contributed by atoms with Crippen molar-refractivity contribution in [1.29, 1.82) is 0 Å². The summed E-state index contributed by atoms with van der Waals surface area (Å²) in [5.74, 6) is 2.13. The molecular weight excluding hydrogens is 406 g/mol. The van der Waals surface area contributed by atoms with Gasteiger partial charge in [0.15, 0.2) is 0 Å². The van der Waals surface area contributed by atoms with E-state index in [9.17, 15) is 0 Å². The maximum Gasteiger partial charge on any atom is 0.215 e. The van der Waals surface area contributed by atoms with Crippen LogP contribution in [0.2, 0.25) is 0 Å². The fraction of sp³-hybridized carbons (Fsp3) is 0.583. The van der Waals surface area contributed by atoms with Crippen LogP contribution in [0, 0.1) is 13.8 Å². The number of nitrogens with one attached hydrogen (secondary N) is 1. The average Bonchev–Trinajstić information content (AvgIpc) is 3.11. The Hall–Kier alpha value is -2.58. The topological polar surface area (TPSA) is 75.4 Å². The van der Waals surface area contributed by atoms with E-state index in [1.165, 1.54) is 0 Å². The molecule has 0 spiro atoms. The average molecular weight is 444 g/mol. The summed E-state index contributed by atoms with van der Waals surface area (Å²) in [6, 6.07) is 6.03. The first-order valence-electron chi connectivity index (χ1n) is 11.6. The van der Waals surface area contributed by atoms with E-state index in [2.05, 4.69) is 45.2 Å². The van der Waals surface area contributed by atoms with E-state index in [0.29, 0.717) is 18.4 Å². The molecule has 32 heavy (non-hydrogen) atoms. The minimum Gasteiger partial charge on any atom is -0.476 e. The first-order chi connectivity index (χ1) is 15.6. The molecule has 3 heterocycles. The second-order valence-electron chi connectivity index (χ2n) is 8.10. The molecule has 0 amide bonds. The van der Waals surface area contributed by atoms with Crippen molar-refractivity contribution >= 4 is 17.8 Å². The van der Waals surface area contributed by atoms with Gasteiger partial charge in [0.2, 0.25) is 11.8 Å². The number of morpholine rings is 1. The Morgan fingerprint density at radius 1 is 1.16 bits per heavy atom. The third-order valence-electron chi connectivity index (χ3n) is 5.46. The van der Waals surface area contributed by atoms with Crippen LogP contribution in [-0.2, 0) is 4.74 Å². The van der Waals surface area contributed by atoms with Gasteiger partial charge in [0, 0.05) is 50.5 Å². The second-order valence-corrected chi connectivity index (χ2v) is 8.10. The fourth-order valence-electron chi connectivity index (χ4n) is 3.64. The number of ether oxygens (including phenoxy) is 2. The van der Waals surface area contributed by atoms with Gasteiger partial charge in [-0.3, -0.25) is 4.90 Å². The Balaban J connectivity index is 1.71. The van der Waals surface area contributed by atoms with E-state index in [-0.39, 0.29) is 0 Å². The van der Waals surface area contributed by atoms with Crippen molar-refractivity contribution in [2.24, 2.45) is 5.10 Å². The third-order valence-corrected chi connectivity index (χ3v) is 5.46. The van der Waals surface area contributed by atoms with Gasteiger partial charge < -0.3 is 18.8 Å². The van der Waals surface area contributed by atoms with Crippen molar-refractivity contribution in [1.82, 2.24) is 9.88 Å². The highest BCUT2D eigenvalue weighted by Crippen LogP contribution is 2.22. The van der Waals surface area contributed by atoms with Crippen LogP contribution in [0.4, 0.5) is 11.6 Å². The lowest BCUT2D eigenvalue weighted by atomic mass is 10.2. The first kappa shape index (κ1) is 24.1. The SMILES string of the molecule is CCCN(CCC)c1cc(/C=N/Nc2cc(C)c(C)o2)nc(OCCN2CCOCC2)c1. The van der Waals surface area contributed by atoms with Gasteiger partial charge in [-0.1, -0.05) is 13.8 Å². The molecule has 0 saturated carbocycles. The Morgan fingerprint density at radius 2 is 1.91 bits per heavy atom. The zero-order valence-electron chi connectivity index (χ0n) is 19.9. The Bertz CT molecular complexity index is 836. The molecule has 1 saturated heterocycles. The number of pyridine rings is 1. The van der Waals surface area contributed by atoms with Gasteiger partial charge in [0.05, 0.1) is 25.1 Å². The molecule has 0 radical (unpaired) electrons. The molecule has 2 aromatic heterocycles. The van der Waals surface area contributed by atoms with Gasteiger partial charge in [-0.2, -0.15) is 5.10 Å². The van der Waals surface area contributed by atoms with Gasteiger partial charge in [-0.05, 0) is 38.3 Å². The molecule has 176 valence electrons. The zero-order valence-corrected chi connectivity index (χ0v) is 19.9. The first-order valence-corrected chi connectivity index (χ1v) is 11.6. The number of hydrazone groups is 1. The minimum atomic E-state index is 0.595. The predicted octanol–water partition coefficient (Wildman–Crippen LogP) is 4.07. The lowest BCUT2D eigenvalue weighted by molar-refractivity contribution is 0.0320. The van der Waals surface area contributed by atoms with Crippen molar-refractivity contribution in [3.63, 3.8) is 0 Å². The number of hydrogen-bond acceptors (Lipinski definition) is 8. The third kappa shape index (κ3) is 7.24. The highest BCUT2D eigenvalue weighted by Gasteiger charge is 2.12. The van der Waals surface area contributed by atoms with Gasteiger partial charge in [0.25, 0.3) is 0 Å². The fourth-order valence-corrected chi connectivity index (χ4v) is 3.64. The van der Waals surface area contributed by atoms with E-state index in [4.69, 9.17) is 13.9 Å². The highest BCUT2D eigenvalue weighted by molar-refractivity contribution is 5.79. The Kier molecular flexibility index (Phi) is 9.37. The zero-order chi connectivity index (χ0) is 22.8.